The molecule has 2 heteroatoms. The van der Waals surface area contributed by atoms with Gasteiger partial charge in [0.05, 0.1) is 0 Å². The van der Waals surface area contributed by atoms with Gasteiger partial charge in [-0.05, 0) is 102 Å². The molecule has 0 heterocycles. The summed E-state index contributed by atoms with van der Waals surface area (Å²) in [5.74, 6) is 0. The fourth-order valence-electron chi connectivity index (χ4n) is 5.68. The van der Waals surface area contributed by atoms with E-state index < -0.39 is 0 Å². The summed E-state index contributed by atoms with van der Waals surface area (Å²) in [5, 5.41) is 9.06. The standard InChI is InChI=1S/C36H32Cl2/c1-35(2,3)23-15-21-17-27(25-11-7-9-13-31(25)37)29-19-24(36(4,5)6)20-30-28(26-12-8-10-14-32(26)38)18-22(16-23)33(21)34(29)30/h7-20H,1-6H3. The normalized spacial score (nSPS) is 12.7. The monoisotopic (exact) mass is 534 g/mol. The van der Waals surface area contributed by atoms with Gasteiger partial charge in [0.15, 0.2) is 0 Å². The van der Waals surface area contributed by atoms with Crippen LogP contribution in [0.25, 0.3) is 54.6 Å². The average molecular weight is 536 g/mol. The molecule has 0 aliphatic heterocycles. The Kier molecular flexibility index (Phi) is 5.80. The van der Waals surface area contributed by atoms with Crippen LogP contribution in [0.4, 0.5) is 0 Å². The third kappa shape index (κ3) is 4.06. The van der Waals surface area contributed by atoms with E-state index in [1.807, 2.05) is 24.3 Å². The van der Waals surface area contributed by atoms with Gasteiger partial charge in [-0.2, -0.15) is 0 Å². The van der Waals surface area contributed by atoms with Crippen LogP contribution in [0.3, 0.4) is 0 Å². The first-order valence-electron chi connectivity index (χ1n) is 13.2. The maximum atomic E-state index is 6.85. The predicted molar refractivity (Wildman–Crippen MR) is 168 cm³/mol. The molecule has 0 spiro atoms. The molecule has 0 aliphatic carbocycles. The maximum absolute atomic E-state index is 6.85. The molecule has 0 fully saturated rings. The van der Waals surface area contributed by atoms with Crippen LogP contribution < -0.4 is 0 Å². The molecule has 0 amide bonds. The molecule has 0 aliphatic rings. The molecule has 38 heavy (non-hydrogen) atoms. The van der Waals surface area contributed by atoms with E-state index in [4.69, 9.17) is 23.2 Å². The first kappa shape index (κ1) is 25.2. The van der Waals surface area contributed by atoms with E-state index in [2.05, 4.69) is 102 Å². The van der Waals surface area contributed by atoms with Crippen molar-refractivity contribution in [2.24, 2.45) is 0 Å². The zero-order chi connectivity index (χ0) is 27.0. The molecule has 0 unspecified atom stereocenters. The van der Waals surface area contributed by atoms with Gasteiger partial charge in [0, 0.05) is 21.2 Å². The highest BCUT2D eigenvalue weighted by molar-refractivity contribution is 6.36. The fraction of sp³-hybridized carbons (Fsp3) is 0.222. The lowest BCUT2D eigenvalue weighted by atomic mass is 9.78. The number of halogens is 2. The summed E-state index contributed by atoms with van der Waals surface area (Å²) in [6.45, 7) is 13.7. The van der Waals surface area contributed by atoms with Crippen molar-refractivity contribution in [2.75, 3.05) is 0 Å². The van der Waals surface area contributed by atoms with Crippen molar-refractivity contribution in [3.8, 4) is 22.3 Å². The number of hydrogen-bond donors (Lipinski definition) is 0. The van der Waals surface area contributed by atoms with Gasteiger partial charge in [-0.3, -0.25) is 0 Å². The Morgan fingerprint density at radius 1 is 0.447 bits per heavy atom. The smallest absolute Gasteiger partial charge is 0.0484 e. The van der Waals surface area contributed by atoms with Gasteiger partial charge in [-0.15, -0.1) is 0 Å². The summed E-state index contributed by atoms with van der Waals surface area (Å²) in [4.78, 5) is 0. The summed E-state index contributed by atoms with van der Waals surface area (Å²) in [7, 11) is 0. The van der Waals surface area contributed by atoms with Crippen LogP contribution in [-0.4, -0.2) is 0 Å². The van der Waals surface area contributed by atoms with E-state index in [-0.39, 0.29) is 10.8 Å². The third-order valence-corrected chi connectivity index (χ3v) is 8.49. The quantitative estimate of drug-likeness (QED) is 0.194. The van der Waals surface area contributed by atoms with E-state index in [0.29, 0.717) is 0 Å². The van der Waals surface area contributed by atoms with Crippen LogP contribution in [0.15, 0.2) is 84.9 Å². The van der Waals surface area contributed by atoms with Crippen LogP contribution in [0.5, 0.6) is 0 Å². The molecule has 0 saturated heterocycles. The van der Waals surface area contributed by atoms with E-state index in [1.165, 1.54) is 54.6 Å². The summed E-state index contributed by atoms with van der Waals surface area (Å²) >= 11 is 13.7. The first-order chi connectivity index (χ1) is 17.9. The highest BCUT2D eigenvalue weighted by Gasteiger charge is 2.24. The van der Waals surface area contributed by atoms with Crippen LogP contribution in [0.1, 0.15) is 52.7 Å². The van der Waals surface area contributed by atoms with E-state index >= 15 is 0 Å². The lowest BCUT2D eigenvalue weighted by Gasteiger charge is -2.26. The zero-order valence-corrected chi connectivity index (χ0v) is 24.4. The van der Waals surface area contributed by atoms with Gasteiger partial charge in [0.25, 0.3) is 0 Å². The number of hydrogen-bond acceptors (Lipinski definition) is 0. The summed E-state index contributed by atoms with van der Waals surface area (Å²) in [5.41, 5.74) is 7.05. The molecule has 6 rings (SSSR count). The molecule has 0 atom stereocenters. The van der Waals surface area contributed by atoms with Gasteiger partial charge in [-0.1, -0.05) is 113 Å². The highest BCUT2D eigenvalue weighted by Crippen LogP contribution is 2.48. The molecular formula is C36H32Cl2. The molecule has 0 nitrogen and oxygen atoms in total. The molecular weight excluding hydrogens is 503 g/mol. The third-order valence-electron chi connectivity index (χ3n) is 7.83. The van der Waals surface area contributed by atoms with Crippen LogP contribution in [0, 0.1) is 0 Å². The average Bonchev–Trinajstić information content (AvgIpc) is 2.86. The Labute approximate surface area is 235 Å². The largest absolute Gasteiger partial charge is 0.0837 e. The fourth-order valence-corrected chi connectivity index (χ4v) is 6.15. The molecule has 190 valence electrons. The van der Waals surface area contributed by atoms with Gasteiger partial charge >= 0.3 is 0 Å². The number of rotatable bonds is 2. The van der Waals surface area contributed by atoms with Crippen molar-refractivity contribution in [3.05, 3.63) is 106 Å². The lowest BCUT2D eigenvalue weighted by Crippen LogP contribution is -2.12. The molecule has 6 aromatic carbocycles. The second-order valence-electron chi connectivity index (χ2n) is 12.6. The summed E-state index contributed by atoms with van der Waals surface area (Å²) in [6.07, 6.45) is 0. The van der Waals surface area contributed by atoms with Crippen molar-refractivity contribution < 1.29 is 0 Å². The molecule has 0 saturated carbocycles. The van der Waals surface area contributed by atoms with E-state index in [0.717, 1.165) is 21.2 Å². The van der Waals surface area contributed by atoms with E-state index in [1.54, 1.807) is 0 Å². The van der Waals surface area contributed by atoms with Crippen molar-refractivity contribution in [1.82, 2.24) is 0 Å². The minimum Gasteiger partial charge on any atom is -0.0837 e. The molecule has 0 radical (unpaired) electrons. The van der Waals surface area contributed by atoms with Crippen LogP contribution in [-0.2, 0) is 10.8 Å². The first-order valence-corrected chi connectivity index (χ1v) is 14.0. The van der Waals surface area contributed by atoms with Crippen molar-refractivity contribution in [2.45, 2.75) is 52.4 Å². The Bertz CT molecular complexity index is 1730. The van der Waals surface area contributed by atoms with Crippen LogP contribution >= 0.6 is 23.2 Å². The number of benzene rings is 6. The van der Waals surface area contributed by atoms with E-state index in [9.17, 15) is 0 Å². The molecule has 0 aromatic heterocycles. The second-order valence-corrected chi connectivity index (χ2v) is 13.4. The minimum absolute atomic E-state index is 0.0129. The van der Waals surface area contributed by atoms with Crippen molar-refractivity contribution >= 4 is 55.5 Å². The Morgan fingerprint density at radius 2 is 0.842 bits per heavy atom. The molecule has 0 bridgehead atoms. The van der Waals surface area contributed by atoms with Gasteiger partial charge in [0.2, 0.25) is 0 Å². The van der Waals surface area contributed by atoms with Crippen LogP contribution in [0.2, 0.25) is 10.0 Å². The highest BCUT2D eigenvalue weighted by atomic mass is 35.5. The second kappa shape index (κ2) is 8.73. The van der Waals surface area contributed by atoms with Crippen molar-refractivity contribution in [3.63, 3.8) is 0 Å². The molecule has 6 aromatic rings. The van der Waals surface area contributed by atoms with Gasteiger partial charge in [-0.25, -0.2) is 0 Å². The summed E-state index contributed by atoms with van der Waals surface area (Å²) < 4.78 is 0. The van der Waals surface area contributed by atoms with Gasteiger partial charge in [0.1, 0.15) is 0 Å². The topological polar surface area (TPSA) is 0 Å². The molecule has 0 N–H and O–H groups in total. The Morgan fingerprint density at radius 3 is 1.24 bits per heavy atom. The van der Waals surface area contributed by atoms with Gasteiger partial charge < -0.3 is 0 Å². The zero-order valence-electron chi connectivity index (χ0n) is 22.8. The predicted octanol–water partition coefficient (Wildman–Crippen LogP) is 11.8. The maximum Gasteiger partial charge on any atom is 0.0484 e. The minimum atomic E-state index is -0.0284. The SMILES string of the molecule is CC(C)(C)c1cc2cc(-c3ccccc3Cl)c3cc(C(C)(C)C)cc4c(-c5ccccc5Cl)cc(c1)c2c34. The Hall–Kier alpha value is -3.06. The summed E-state index contributed by atoms with van der Waals surface area (Å²) in [6, 6.07) is 30.6. The lowest BCUT2D eigenvalue weighted by molar-refractivity contribution is 0.591. The van der Waals surface area contributed by atoms with Crippen molar-refractivity contribution in [1.29, 1.82) is 0 Å². The Balaban J connectivity index is 1.91.